The van der Waals surface area contributed by atoms with Gasteiger partial charge in [0.2, 0.25) is 5.88 Å². The number of carbonyl (C=O) groups excluding carboxylic acids is 1. The summed E-state index contributed by atoms with van der Waals surface area (Å²) in [7, 11) is 1.35. The van der Waals surface area contributed by atoms with E-state index in [1.807, 2.05) is 0 Å². The van der Waals surface area contributed by atoms with Crippen LogP contribution in [0.25, 0.3) is 5.82 Å². The highest BCUT2D eigenvalue weighted by molar-refractivity contribution is 5.95. The lowest BCUT2D eigenvalue weighted by Gasteiger charge is -2.26. The number of para-hydroxylation sites is 2. The van der Waals surface area contributed by atoms with Crippen LogP contribution in [0.5, 0.6) is 17.4 Å². The Kier molecular flexibility index (Phi) is 5.36. The number of rotatable bonds is 5. The molecule has 1 aliphatic heterocycles. The van der Waals surface area contributed by atoms with E-state index in [0.29, 0.717) is 16.2 Å². The molecule has 0 radical (unpaired) electrons. The first-order valence-corrected chi connectivity index (χ1v) is 9.07. The fourth-order valence-corrected chi connectivity index (χ4v) is 2.96. The quantitative estimate of drug-likeness (QED) is 0.656. The van der Waals surface area contributed by atoms with Crippen LogP contribution in [0.15, 0.2) is 42.6 Å². The minimum atomic E-state index is -4.87. The van der Waals surface area contributed by atoms with Gasteiger partial charge in [0.05, 0.1) is 25.4 Å². The van der Waals surface area contributed by atoms with Crippen molar-refractivity contribution in [1.82, 2.24) is 25.3 Å². The average Bonchev–Trinajstić information content (AvgIpc) is 3.23. The highest BCUT2D eigenvalue weighted by atomic mass is 19.4. The molecule has 0 fully saturated rings. The summed E-state index contributed by atoms with van der Waals surface area (Å²) >= 11 is 0. The third-order valence-corrected chi connectivity index (χ3v) is 4.39. The fourth-order valence-electron chi connectivity index (χ4n) is 2.96. The Morgan fingerprint density at radius 1 is 1.23 bits per heavy atom. The van der Waals surface area contributed by atoms with Gasteiger partial charge in [-0.15, -0.1) is 10.2 Å². The Labute approximate surface area is 173 Å². The zero-order valence-corrected chi connectivity index (χ0v) is 16.1. The molecule has 1 amide bonds. The lowest BCUT2D eigenvalue weighted by Crippen LogP contribution is -2.41. The van der Waals surface area contributed by atoms with Gasteiger partial charge in [-0.3, -0.25) is 4.79 Å². The molecule has 0 saturated heterocycles. The van der Waals surface area contributed by atoms with E-state index >= 15 is 0 Å². The average molecular weight is 435 g/mol. The molecule has 0 saturated carbocycles. The van der Waals surface area contributed by atoms with Crippen LogP contribution >= 0.6 is 0 Å². The van der Waals surface area contributed by atoms with Crippen LogP contribution in [0.3, 0.4) is 0 Å². The van der Waals surface area contributed by atoms with Gasteiger partial charge in [0, 0.05) is 6.07 Å². The van der Waals surface area contributed by atoms with Gasteiger partial charge in [0.1, 0.15) is 12.7 Å². The summed E-state index contributed by atoms with van der Waals surface area (Å²) in [6.07, 6.45) is -4.60. The Bertz CT molecular complexity index is 1080. The van der Waals surface area contributed by atoms with E-state index in [-0.39, 0.29) is 24.8 Å². The van der Waals surface area contributed by atoms with Crippen LogP contribution in [-0.4, -0.2) is 52.3 Å². The van der Waals surface area contributed by atoms with Crippen molar-refractivity contribution in [3.63, 3.8) is 0 Å². The second-order valence-electron chi connectivity index (χ2n) is 6.46. The summed E-state index contributed by atoms with van der Waals surface area (Å²) in [6, 6.07) is 9.56. The van der Waals surface area contributed by atoms with Crippen molar-refractivity contribution < 1.29 is 32.2 Å². The number of halogens is 3. The number of benzene rings is 1. The number of aromatic nitrogens is 4. The molecule has 31 heavy (non-hydrogen) atoms. The van der Waals surface area contributed by atoms with Crippen molar-refractivity contribution in [1.29, 1.82) is 0 Å². The molecule has 1 atom stereocenters. The van der Waals surface area contributed by atoms with E-state index in [1.54, 1.807) is 24.3 Å². The molecule has 2 aromatic heterocycles. The molecule has 9 nitrogen and oxygen atoms in total. The highest BCUT2D eigenvalue weighted by Crippen LogP contribution is 2.34. The van der Waals surface area contributed by atoms with Crippen molar-refractivity contribution in [2.45, 2.75) is 12.3 Å². The van der Waals surface area contributed by atoms with Gasteiger partial charge in [-0.05, 0) is 18.2 Å². The van der Waals surface area contributed by atoms with Gasteiger partial charge in [0.25, 0.3) is 5.91 Å². The third-order valence-electron chi connectivity index (χ3n) is 4.39. The third kappa shape index (κ3) is 4.22. The first kappa shape index (κ1) is 20.4. The number of fused-ring (bicyclic) bond motifs is 1. The van der Waals surface area contributed by atoms with Crippen molar-refractivity contribution in [3.8, 4) is 23.2 Å². The second-order valence-corrected chi connectivity index (χ2v) is 6.46. The standard InChI is InChI=1S/C19H16F3N5O4/c1-29-16-7-6-15(25-26-16)27-17(19(20,21)22)12(9-24-27)18(28)23-8-11-10-30-13-4-2-3-5-14(13)31-11/h2-7,9,11H,8,10H2,1H3,(H,23,28). The van der Waals surface area contributed by atoms with E-state index in [2.05, 4.69) is 20.6 Å². The first-order chi connectivity index (χ1) is 14.9. The lowest BCUT2D eigenvalue weighted by atomic mass is 10.2. The fraction of sp³-hybridized carbons (Fsp3) is 0.263. The number of methoxy groups -OCH3 is 1. The number of ether oxygens (including phenoxy) is 3. The number of alkyl halides is 3. The summed E-state index contributed by atoms with van der Waals surface area (Å²) in [5.41, 5.74) is -1.92. The Balaban J connectivity index is 1.52. The van der Waals surface area contributed by atoms with Crippen molar-refractivity contribution >= 4 is 5.91 Å². The van der Waals surface area contributed by atoms with E-state index in [9.17, 15) is 18.0 Å². The number of hydrogen-bond donors (Lipinski definition) is 1. The summed E-state index contributed by atoms with van der Waals surface area (Å²) in [4.78, 5) is 12.5. The predicted molar refractivity (Wildman–Crippen MR) is 99.4 cm³/mol. The molecule has 0 aliphatic carbocycles. The maximum absolute atomic E-state index is 13.7. The molecule has 12 heteroatoms. The summed E-state index contributed by atoms with van der Waals surface area (Å²) in [5.74, 6) is 0.00944. The highest BCUT2D eigenvalue weighted by Gasteiger charge is 2.41. The molecule has 1 aromatic carbocycles. The molecule has 1 N–H and O–H groups in total. The van der Waals surface area contributed by atoms with Gasteiger partial charge in [-0.2, -0.15) is 18.3 Å². The Morgan fingerprint density at radius 2 is 2.00 bits per heavy atom. The number of amides is 1. The summed E-state index contributed by atoms with van der Waals surface area (Å²) < 4.78 is 57.8. The SMILES string of the molecule is COc1ccc(-n2ncc(C(=O)NCC3COc4ccccc4O3)c2C(F)(F)F)nn1. The van der Waals surface area contributed by atoms with Crippen LogP contribution < -0.4 is 19.5 Å². The summed E-state index contributed by atoms with van der Waals surface area (Å²) in [5, 5.41) is 13.4. The maximum atomic E-state index is 13.7. The smallest absolute Gasteiger partial charge is 0.434 e. The lowest BCUT2D eigenvalue weighted by molar-refractivity contribution is -0.143. The number of nitrogens with zero attached hydrogens (tertiary/aromatic N) is 4. The van der Waals surface area contributed by atoms with Crippen molar-refractivity contribution in [2.75, 3.05) is 20.3 Å². The van der Waals surface area contributed by atoms with Gasteiger partial charge >= 0.3 is 6.18 Å². The van der Waals surface area contributed by atoms with Gasteiger partial charge in [0.15, 0.2) is 23.0 Å². The first-order valence-electron chi connectivity index (χ1n) is 9.07. The van der Waals surface area contributed by atoms with Crippen LogP contribution in [0, 0.1) is 0 Å². The number of carbonyl (C=O) groups is 1. The molecule has 3 aromatic rings. The number of nitrogens with one attached hydrogen (secondary N) is 1. The molecular weight excluding hydrogens is 419 g/mol. The molecule has 1 aliphatic rings. The predicted octanol–water partition coefficient (Wildman–Crippen LogP) is 2.26. The molecule has 1 unspecified atom stereocenters. The maximum Gasteiger partial charge on any atom is 0.434 e. The van der Waals surface area contributed by atoms with Crippen LogP contribution in [-0.2, 0) is 6.18 Å². The second kappa shape index (κ2) is 8.13. The van der Waals surface area contributed by atoms with E-state index in [0.717, 1.165) is 6.20 Å². The minimum Gasteiger partial charge on any atom is -0.486 e. The topological polar surface area (TPSA) is 100 Å². The van der Waals surface area contributed by atoms with E-state index < -0.39 is 29.4 Å². The van der Waals surface area contributed by atoms with E-state index in [4.69, 9.17) is 14.2 Å². The van der Waals surface area contributed by atoms with Crippen molar-refractivity contribution in [2.24, 2.45) is 0 Å². The molecule has 3 heterocycles. The van der Waals surface area contributed by atoms with Crippen LogP contribution in [0.1, 0.15) is 16.1 Å². The zero-order valence-electron chi connectivity index (χ0n) is 16.1. The normalized spacial score (nSPS) is 15.4. The van der Waals surface area contributed by atoms with Crippen LogP contribution in [0.2, 0.25) is 0 Å². The zero-order chi connectivity index (χ0) is 22.0. The molecular formula is C19H16F3N5O4. The minimum absolute atomic E-state index is 0.0576. The summed E-state index contributed by atoms with van der Waals surface area (Å²) in [6.45, 7) is 0.0854. The Hall–Kier alpha value is -3.83. The largest absolute Gasteiger partial charge is 0.486 e. The van der Waals surface area contributed by atoms with Gasteiger partial charge in [-0.1, -0.05) is 12.1 Å². The van der Waals surface area contributed by atoms with Crippen molar-refractivity contribution in [3.05, 3.63) is 53.9 Å². The molecule has 162 valence electrons. The number of hydrogen-bond acceptors (Lipinski definition) is 7. The Morgan fingerprint density at radius 3 is 2.68 bits per heavy atom. The molecule has 4 rings (SSSR count). The monoisotopic (exact) mass is 435 g/mol. The molecule has 0 bridgehead atoms. The van der Waals surface area contributed by atoms with E-state index in [1.165, 1.54) is 19.2 Å². The molecule has 0 spiro atoms. The van der Waals surface area contributed by atoms with Crippen LogP contribution in [0.4, 0.5) is 13.2 Å². The van der Waals surface area contributed by atoms with Gasteiger partial charge < -0.3 is 19.5 Å². The van der Waals surface area contributed by atoms with Gasteiger partial charge in [-0.25, -0.2) is 4.68 Å².